The van der Waals surface area contributed by atoms with Gasteiger partial charge in [0.2, 0.25) is 0 Å². The molecule has 2 N–H and O–H groups in total. The van der Waals surface area contributed by atoms with E-state index in [2.05, 4.69) is 48.0 Å². The van der Waals surface area contributed by atoms with Crippen LogP contribution in [0.1, 0.15) is 31.5 Å². The van der Waals surface area contributed by atoms with Crippen molar-refractivity contribution in [2.45, 2.75) is 32.6 Å². The van der Waals surface area contributed by atoms with Gasteiger partial charge >= 0.3 is 0 Å². The predicted octanol–water partition coefficient (Wildman–Crippen LogP) is 3.13. The van der Waals surface area contributed by atoms with Gasteiger partial charge in [0.25, 0.3) is 0 Å². The highest BCUT2D eigenvalue weighted by Gasteiger charge is 2.17. The summed E-state index contributed by atoms with van der Waals surface area (Å²) in [6, 6.07) is 0. The number of hydrogen-bond donors (Lipinski definition) is 2. The summed E-state index contributed by atoms with van der Waals surface area (Å²) in [6.45, 7) is 8.38. The standard InChI is InChI=1S/C14H26N4S2.HI/c1-14(2,3)11-10-20-12(18-11)6-7-16-13(15-4)17-8-9-19-5;/h10H,6-9H2,1-5H3,(H2,15,16,17);1H. The lowest BCUT2D eigenvalue weighted by Gasteiger charge is -2.14. The van der Waals surface area contributed by atoms with Crippen molar-refractivity contribution in [3.63, 3.8) is 0 Å². The van der Waals surface area contributed by atoms with Crippen LogP contribution in [-0.2, 0) is 11.8 Å². The van der Waals surface area contributed by atoms with Crippen molar-refractivity contribution in [3.8, 4) is 0 Å². The van der Waals surface area contributed by atoms with Gasteiger partial charge in [0.05, 0.1) is 10.7 Å². The summed E-state index contributed by atoms with van der Waals surface area (Å²) in [4.78, 5) is 8.90. The monoisotopic (exact) mass is 442 g/mol. The molecule has 0 saturated heterocycles. The lowest BCUT2D eigenvalue weighted by Crippen LogP contribution is -2.39. The average molecular weight is 442 g/mol. The number of aromatic nitrogens is 1. The predicted molar refractivity (Wildman–Crippen MR) is 108 cm³/mol. The van der Waals surface area contributed by atoms with E-state index in [0.717, 1.165) is 31.2 Å². The fourth-order valence-electron chi connectivity index (χ4n) is 1.55. The Balaban J connectivity index is 0.00000400. The largest absolute Gasteiger partial charge is 0.356 e. The molecule has 1 aromatic heterocycles. The van der Waals surface area contributed by atoms with Gasteiger partial charge in [-0.15, -0.1) is 35.3 Å². The molecule has 1 rings (SSSR count). The van der Waals surface area contributed by atoms with E-state index >= 15 is 0 Å². The maximum absolute atomic E-state index is 4.69. The Kier molecular flexibility index (Phi) is 10.7. The van der Waals surface area contributed by atoms with Crippen LogP contribution in [0.25, 0.3) is 0 Å². The van der Waals surface area contributed by atoms with Gasteiger partial charge in [0.15, 0.2) is 5.96 Å². The second-order valence-electron chi connectivity index (χ2n) is 5.55. The molecule has 21 heavy (non-hydrogen) atoms. The minimum absolute atomic E-state index is 0. The summed E-state index contributed by atoms with van der Waals surface area (Å²) in [5, 5.41) is 9.96. The Morgan fingerprint density at radius 1 is 1.33 bits per heavy atom. The quantitative estimate of drug-likeness (QED) is 0.308. The number of hydrogen-bond acceptors (Lipinski definition) is 4. The Labute approximate surface area is 154 Å². The van der Waals surface area contributed by atoms with Gasteiger partial charge in [-0.05, 0) is 6.26 Å². The molecule has 0 unspecified atom stereocenters. The molecule has 0 amide bonds. The van der Waals surface area contributed by atoms with E-state index in [9.17, 15) is 0 Å². The summed E-state index contributed by atoms with van der Waals surface area (Å²) in [5.41, 5.74) is 1.32. The molecule has 7 heteroatoms. The van der Waals surface area contributed by atoms with Crippen LogP contribution in [0.5, 0.6) is 0 Å². The minimum Gasteiger partial charge on any atom is -0.356 e. The molecular weight excluding hydrogens is 415 g/mol. The summed E-state index contributed by atoms with van der Waals surface area (Å²) in [5.74, 6) is 1.95. The normalized spacial score (nSPS) is 12.0. The first kappa shape index (κ1) is 21.0. The number of thiazole rings is 1. The topological polar surface area (TPSA) is 49.3 Å². The third-order valence-electron chi connectivity index (χ3n) is 2.77. The highest BCUT2D eigenvalue weighted by Crippen LogP contribution is 2.23. The Hall–Kier alpha value is -0.0200. The van der Waals surface area contributed by atoms with Crippen LogP contribution >= 0.6 is 47.1 Å². The molecule has 0 spiro atoms. The van der Waals surface area contributed by atoms with Crippen LogP contribution in [0.15, 0.2) is 10.4 Å². The highest BCUT2D eigenvalue weighted by molar-refractivity contribution is 14.0. The first-order chi connectivity index (χ1) is 9.47. The van der Waals surface area contributed by atoms with Crippen LogP contribution in [-0.4, -0.2) is 43.1 Å². The van der Waals surface area contributed by atoms with E-state index in [-0.39, 0.29) is 29.4 Å². The number of rotatable bonds is 6. The Morgan fingerprint density at radius 3 is 2.52 bits per heavy atom. The fraction of sp³-hybridized carbons (Fsp3) is 0.714. The maximum Gasteiger partial charge on any atom is 0.191 e. The number of nitrogens with one attached hydrogen (secondary N) is 2. The van der Waals surface area contributed by atoms with E-state index in [0.29, 0.717) is 0 Å². The molecule has 4 nitrogen and oxygen atoms in total. The van der Waals surface area contributed by atoms with Gasteiger partial charge in [-0.2, -0.15) is 11.8 Å². The summed E-state index contributed by atoms with van der Waals surface area (Å²) in [7, 11) is 1.80. The molecule has 0 fully saturated rings. The van der Waals surface area contributed by atoms with Gasteiger partial charge < -0.3 is 10.6 Å². The second-order valence-corrected chi connectivity index (χ2v) is 7.47. The van der Waals surface area contributed by atoms with Gasteiger partial charge in [-0.1, -0.05) is 20.8 Å². The number of aliphatic imine (C=N–C) groups is 1. The molecule has 0 aliphatic rings. The van der Waals surface area contributed by atoms with Crippen LogP contribution in [0.3, 0.4) is 0 Å². The molecule has 0 aromatic carbocycles. The maximum atomic E-state index is 4.69. The molecule has 1 heterocycles. The van der Waals surface area contributed by atoms with Crippen molar-refractivity contribution in [3.05, 3.63) is 16.1 Å². The van der Waals surface area contributed by atoms with Crippen molar-refractivity contribution in [1.82, 2.24) is 15.6 Å². The van der Waals surface area contributed by atoms with Gasteiger partial charge in [0, 0.05) is 43.1 Å². The number of guanidine groups is 1. The Morgan fingerprint density at radius 2 is 2.00 bits per heavy atom. The summed E-state index contributed by atoms with van der Waals surface area (Å²) < 4.78 is 0. The van der Waals surface area contributed by atoms with Crippen LogP contribution in [0.4, 0.5) is 0 Å². The fourth-order valence-corrected chi connectivity index (χ4v) is 2.88. The van der Waals surface area contributed by atoms with Gasteiger partial charge in [0.1, 0.15) is 0 Å². The van der Waals surface area contributed by atoms with E-state index in [1.807, 2.05) is 11.8 Å². The average Bonchev–Trinajstić information content (AvgIpc) is 2.86. The lowest BCUT2D eigenvalue weighted by atomic mass is 9.93. The third-order valence-corrected chi connectivity index (χ3v) is 4.29. The minimum atomic E-state index is 0. The smallest absolute Gasteiger partial charge is 0.191 e. The molecule has 122 valence electrons. The summed E-state index contributed by atoms with van der Waals surface area (Å²) >= 11 is 3.57. The lowest BCUT2D eigenvalue weighted by molar-refractivity contribution is 0.570. The molecule has 0 bridgehead atoms. The number of nitrogens with zero attached hydrogens (tertiary/aromatic N) is 2. The van der Waals surface area contributed by atoms with Crippen LogP contribution in [0, 0.1) is 0 Å². The van der Waals surface area contributed by atoms with Crippen LogP contribution in [0.2, 0.25) is 0 Å². The van der Waals surface area contributed by atoms with Gasteiger partial charge in [-0.25, -0.2) is 4.98 Å². The number of thioether (sulfide) groups is 1. The zero-order valence-electron chi connectivity index (χ0n) is 13.5. The molecule has 0 aliphatic carbocycles. The van der Waals surface area contributed by atoms with E-state index in [4.69, 9.17) is 4.98 Å². The molecule has 0 radical (unpaired) electrons. The third kappa shape index (κ3) is 8.25. The van der Waals surface area contributed by atoms with E-state index in [1.165, 1.54) is 10.7 Å². The van der Waals surface area contributed by atoms with E-state index < -0.39 is 0 Å². The zero-order valence-corrected chi connectivity index (χ0v) is 17.5. The van der Waals surface area contributed by atoms with Crippen molar-refractivity contribution < 1.29 is 0 Å². The first-order valence-electron chi connectivity index (χ1n) is 6.85. The van der Waals surface area contributed by atoms with Crippen molar-refractivity contribution in [1.29, 1.82) is 0 Å². The molecule has 0 aliphatic heterocycles. The molecule has 1 aromatic rings. The van der Waals surface area contributed by atoms with Crippen molar-refractivity contribution >= 4 is 53.0 Å². The Bertz CT molecular complexity index is 427. The molecular formula is C14H27IN4S2. The van der Waals surface area contributed by atoms with E-state index in [1.54, 1.807) is 18.4 Å². The first-order valence-corrected chi connectivity index (χ1v) is 9.13. The molecule has 0 atom stereocenters. The van der Waals surface area contributed by atoms with Crippen LogP contribution < -0.4 is 10.6 Å². The highest BCUT2D eigenvalue weighted by atomic mass is 127. The summed E-state index contributed by atoms with van der Waals surface area (Å²) in [6.07, 6.45) is 3.04. The second kappa shape index (κ2) is 10.7. The van der Waals surface area contributed by atoms with Crippen molar-refractivity contribution in [2.75, 3.05) is 32.1 Å². The van der Waals surface area contributed by atoms with Gasteiger partial charge in [-0.3, -0.25) is 4.99 Å². The SMILES string of the molecule is CN=C(NCCSC)NCCc1nc(C(C)(C)C)cs1.I. The number of halogens is 1. The zero-order chi connectivity index (χ0) is 15.0. The molecule has 0 saturated carbocycles. The van der Waals surface area contributed by atoms with Crippen molar-refractivity contribution in [2.24, 2.45) is 4.99 Å².